The van der Waals surface area contributed by atoms with Gasteiger partial charge in [-0.3, -0.25) is 0 Å². The molecule has 0 fully saturated rings. The molecule has 0 saturated carbocycles. The Balaban J connectivity index is 2.34. The molecule has 3 nitrogen and oxygen atoms in total. The van der Waals surface area contributed by atoms with Crippen LogP contribution in [0.2, 0.25) is 0 Å². The van der Waals surface area contributed by atoms with Gasteiger partial charge in [0.2, 0.25) is 0 Å². The van der Waals surface area contributed by atoms with E-state index in [2.05, 4.69) is 4.74 Å². The summed E-state index contributed by atoms with van der Waals surface area (Å²) in [5, 5.41) is 9.45. The van der Waals surface area contributed by atoms with Crippen molar-refractivity contribution in [3.63, 3.8) is 0 Å². The molecule has 0 amide bonds. The Kier molecular flexibility index (Phi) is 4.20. The molecule has 0 aliphatic heterocycles. The van der Waals surface area contributed by atoms with Crippen molar-refractivity contribution in [2.24, 2.45) is 0 Å². The number of hydrogen-bond acceptors (Lipinski definition) is 3. The summed E-state index contributed by atoms with van der Waals surface area (Å²) in [7, 11) is 1.35. The minimum atomic E-state index is -0.379. The normalized spacial score (nSPS) is 10.7. The molecule has 0 aromatic heterocycles. The van der Waals surface area contributed by atoms with Crippen molar-refractivity contribution in [2.75, 3.05) is 7.11 Å². The fraction of sp³-hybridized carbons (Fsp3) is 0.118. The van der Waals surface area contributed by atoms with Gasteiger partial charge in [0.15, 0.2) is 0 Å². The number of phenols is 1. The second kappa shape index (κ2) is 6.06. The third-order valence-corrected chi connectivity index (χ3v) is 3.02. The monoisotopic (exact) mass is 268 g/mol. The maximum Gasteiger partial charge on any atom is 0.330 e. The minimum Gasteiger partial charge on any atom is -0.508 e. The highest BCUT2D eigenvalue weighted by molar-refractivity contribution is 5.87. The summed E-state index contributed by atoms with van der Waals surface area (Å²) < 4.78 is 4.57. The molecule has 20 heavy (non-hydrogen) atoms. The zero-order valence-electron chi connectivity index (χ0n) is 11.5. The third kappa shape index (κ3) is 3.26. The number of esters is 1. The maximum absolute atomic E-state index is 11.1. The lowest BCUT2D eigenvalue weighted by molar-refractivity contribution is -0.134. The fourth-order valence-corrected chi connectivity index (χ4v) is 2.01. The Morgan fingerprint density at radius 3 is 2.70 bits per heavy atom. The highest BCUT2D eigenvalue weighted by Crippen LogP contribution is 2.27. The molecule has 102 valence electrons. The van der Waals surface area contributed by atoms with Crippen molar-refractivity contribution in [1.29, 1.82) is 0 Å². The van der Waals surface area contributed by atoms with Crippen LogP contribution in [0.4, 0.5) is 0 Å². The molecule has 2 aromatic rings. The van der Waals surface area contributed by atoms with Crippen molar-refractivity contribution >= 4 is 12.0 Å². The molecule has 0 saturated heterocycles. The van der Waals surface area contributed by atoms with E-state index in [-0.39, 0.29) is 11.7 Å². The molecule has 3 heteroatoms. The molecule has 2 rings (SSSR count). The lowest BCUT2D eigenvalue weighted by Crippen LogP contribution is -1.93. The van der Waals surface area contributed by atoms with Crippen LogP contribution >= 0.6 is 0 Å². The number of hydrogen-bond donors (Lipinski definition) is 1. The highest BCUT2D eigenvalue weighted by atomic mass is 16.5. The SMILES string of the molecule is COC(=O)C=Cc1cccc(-c2ccc(O)cc2C)c1. The lowest BCUT2D eigenvalue weighted by atomic mass is 9.98. The van der Waals surface area contributed by atoms with Gasteiger partial charge in [0.1, 0.15) is 5.75 Å². The second-order valence-corrected chi connectivity index (χ2v) is 4.48. The fourth-order valence-electron chi connectivity index (χ4n) is 2.01. The van der Waals surface area contributed by atoms with Crippen molar-refractivity contribution in [2.45, 2.75) is 6.92 Å². The quantitative estimate of drug-likeness (QED) is 0.684. The average molecular weight is 268 g/mol. The van der Waals surface area contributed by atoms with E-state index >= 15 is 0 Å². The largest absolute Gasteiger partial charge is 0.508 e. The molecule has 0 aliphatic rings. The standard InChI is InChI=1S/C17H16O3/c1-12-10-15(18)7-8-16(12)14-5-3-4-13(11-14)6-9-17(19)20-2/h3-11,18H,1-2H3. The Morgan fingerprint density at radius 1 is 1.20 bits per heavy atom. The Labute approximate surface area is 118 Å². The molecular formula is C17H16O3. The Bertz CT molecular complexity index is 657. The number of rotatable bonds is 3. The minimum absolute atomic E-state index is 0.257. The Morgan fingerprint density at radius 2 is 2.00 bits per heavy atom. The smallest absolute Gasteiger partial charge is 0.330 e. The summed E-state index contributed by atoms with van der Waals surface area (Å²) in [6.07, 6.45) is 3.11. The van der Waals surface area contributed by atoms with Crippen molar-refractivity contribution in [1.82, 2.24) is 0 Å². The van der Waals surface area contributed by atoms with Crippen LogP contribution in [0.3, 0.4) is 0 Å². The number of methoxy groups -OCH3 is 1. The van der Waals surface area contributed by atoms with Gasteiger partial charge in [-0.25, -0.2) is 4.79 Å². The topological polar surface area (TPSA) is 46.5 Å². The zero-order valence-corrected chi connectivity index (χ0v) is 11.5. The van der Waals surface area contributed by atoms with E-state index in [4.69, 9.17) is 0 Å². The van der Waals surface area contributed by atoms with Crippen LogP contribution in [0.1, 0.15) is 11.1 Å². The van der Waals surface area contributed by atoms with Crippen LogP contribution in [0.15, 0.2) is 48.5 Å². The predicted molar refractivity (Wildman–Crippen MR) is 79.3 cm³/mol. The summed E-state index contributed by atoms with van der Waals surface area (Å²) in [5.41, 5.74) is 4.00. The number of carbonyl (C=O) groups excluding carboxylic acids is 1. The van der Waals surface area contributed by atoms with Gasteiger partial charge in [-0.2, -0.15) is 0 Å². The van der Waals surface area contributed by atoms with Gasteiger partial charge in [0.25, 0.3) is 0 Å². The van der Waals surface area contributed by atoms with Gasteiger partial charge in [0, 0.05) is 6.08 Å². The summed E-state index contributed by atoms with van der Waals surface area (Å²) in [6.45, 7) is 1.95. The molecular weight excluding hydrogens is 252 g/mol. The highest BCUT2D eigenvalue weighted by Gasteiger charge is 2.03. The molecule has 0 spiro atoms. The van der Waals surface area contributed by atoms with E-state index in [1.807, 2.05) is 37.3 Å². The van der Waals surface area contributed by atoms with E-state index in [1.165, 1.54) is 13.2 Å². The summed E-state index contributed by atoms with van der Waals surface area (Å²) in [4.78, 5) is 11.1. The summed E-state index contributed by atoms with van der Waals surface area (Å²) in [5.74, 6) is -0.121. The first kappa shape index (κ1) is 13.9. The first-order chi connectivity index (χ1) is 9.60. The lowest BCUT2D eigenvalue weighted by Gasteiger charge is -2.07. The molecule has 0 atom stereocenters. The molecule has 1 N–H and O–H groups in total. The van der Waals surface area contributed by atoms with Gasteiger partial charge in [-0.05, 0) is 53.5 Å². The maximum atomic E-state index is 11.1. The van der Waals surface area contributed by atoms with Crippen LogP contribution in [0, 0.1) is 6.92 Å². The van der Waals surface area contributed by atoms with E-state index < -0.39 is 0 Å². The van der Waals surface area contributed by atoms with E-state index in [9.17, 15) is 9.90 Å². The Hall–Kier alpha value is -2.55. The van der Waals surface area contributed by atoms with Crippen LogP contribution in [-0.4, -0.2) is 18.2 Å². The number of aromatic hydroxyl groups is 1. The number of carbonyl (C=O) groups is 1. The van der Waals surface area contributed by atoms with Crippen LogP contribution in [-0.2, 0) is 9.53 Å². The van der Waals surface area contributed by atoms with Gasteiger partial charge in [-0.15, -0.1) is 0 Å². The molecule has 0 heterocycles. The average Bonchev–Trinajstić information content (AvgIpc) is 2.45. The molecule has 0 unspecified atom stereocenters. The van der Waals surface area contributed by atoms with Gasteiger partial charge >= 0.3 is 5.97 Å². The van der Waals surface area contributed by atoms with Crippen molar-refractivity contribution < 1.29 is 14.6 Å². The second-order valence-electron chi connectivity index (χ2n) is 4.48. The van der Waals surface area contributed by atoms with E-state index in [1.54, 1.807) is 18.2 Å². The van der Waals surface area contributed by atoms with Crippen molar-refractivity contribution in [3.8, 4) is 16.9 Å². The molecule has 0 bridgehead atoms. The van der Waals surface area contributed by atoms with E-state index in [0.29, 0.717) is 0 Å². The van der Waals surface area contributed by atoms with Crippen LogP contribution in [0.5, 0.6) is 5.75 Å². The first-order valence-corrected chi connectivity index (χ1v) is 6.26. The third-order valence-electron chi connectivity index (χ3n) is 3.02. The van der Waals surface area contributed by atoms with Gasteiger partial charge < -0.3 is 9.84 Å². The first-order valence-electron chi connectivity index (χ1n) is 6.26. The van der Waals surface area contributed by atoms with Gasteiger partial charge in [0.05, 0.1) is 7.11 Å². The number of aryl methyl sites for hydroxylation is 1. The van der Waals surface area contributed by atoms with E-state index in [0.717, 1.165) is 22.3 Å². The predicted octanol–water partition coefficient (Wildman–Crippen LogP) is 3.55. The zero-order chi connectivity index (χ0) is 14.5. The molecule has 0 radical (unpaired) electrons. The summed E-state index contributed by atoms with van der Waals surface area (Å²) >= 11 is 0. The van der Waals surface area contributed by atoms with Crippen LogP contribution in [0.25, 0.3) is 17.2 Å². The van der Waals surface area contributed by atoms with Crippen LogP contribution < -0.4 is 0 Å². The van der Waals surface area contributed by atoms with Crippen molar-refractivity contribution in [3.05, 3.63) is 59.7 Å². The number of ether oxygens (including phenoxy) is 1. The van der Waals surface area contributed by atoms with Gasteiger partial charge in [-0.1, -0.05) is 24.3 Å². The molecule has 0 aliphatic carbocycles. The molecule has 2 aromatic carbocycles. The number of phenolic OH excluding ortho intramolecular Hbond substituents is 1. The number of benzene rings is 2. The summed E-state index contributed by atoms with van der Waals surface area (Å²) in [6, 6.07) is 13.1.